The average Bonchev–Trinajstić information content (AvgIpc) is 2.95. The minimum absolute atomic E-state index is 0.0000668. The van der Waals surface area contributed by atoms with Crippen molar-refractivity contribution in [1.82, 2.24) is 19.7 Å². The zero-order valence-electron chi connectivity index (χ0n) is 9.43. The third-order valence-corrected chi connectivity index (χ3v) is 3.07. The number of hydrogen-bond donors (Lipinski definition) is 1. The maximum atomic E-state index is 12.0. The quantitative estimate of drug-likeness (QED) is 0.857. The van der Waals surface area contributed by atoms with Crippen molar-refractivity contribution in [3.05, 3.63) is 40.0 Å². The van der Waals surface area contributed by atoms with Crippen molar-refractivity contribution in [2.75, 3.05) is 13.6 Å². The molecular formula is C11H13IN4O. The zero-order valence-corrected chi connectivity index (χ0v) is 11.6. The first-order valence-electron chi connectivity index (χ1n) is 5.23. The molecule has 2 heterocycles. The molecule has 17 heavy (non-hydrogen) atoms. The molecule has 0 unspecified atom stereocenters. The Kier molecular flexibility index (Phi) is 3.82. The van der Waals surface area contributed by atoms with Gasteiger partial charge in [-0.3, -0.25) is 9.48 Å². The molecular weight excluding hydrogens is 331 g/mol. The summed E-state index contributed by atoms with van der Waals surface area (Å²) in [6, 6.07) is 3.71. The molecule has 0 saturated heterocycles. The van der Waals surface area contributed by atoms with Crippen LogP contribution in [0.3, 0.4) is 0 Å². The highest BCUT2D eigenvalue weighted by Crippen LogP contribution is 2.08. The van der Waals surface area contributed by atoms with Gasteiger partial charge in [-0.2, -0.15) is 5.10 Å². The largest absolute Gasteiger partial charge is 0.356 e. The number of nitrogens with one attached hydrogen (secondary N) is 1. The smallest absolute Gasteiger partial charge is 0.270 e. The molecule has 5 nitrogen and oxygen atoms in total. The molecule has 1 amide bonds. The van der Waals surface area contributed by atoms with Crippen molar-refractivity contribution in [3.63, 3.8) is 0 Å². The van der Waals surface area contributed by atoms with E-state index < -0.39 is 0 Å². The minimum atomic E-state index is 0.0000668. The summed E-state index contributed by atoms with van der Waals surface area (Å²) in [5.41, 5.74) is 0.623. The molecule has 0 radical (unpaired) electrons. The third kappa shape index (κ3) is 3.09. The monoisotopic (exact) mass is 344 g/mol. The number of aromatic amines is 1. The van der Waals surface area contributed by atoms with E-state index in [4.69, 9.17) is 0 Å². The molecule has 2 aromatic heterocycles. The van der Waals surface area contributed by atoms with Gasteiger partial charge in [0.1, 0.15) is 5.69 Å². The van der Waals surface area contributed by atoms with Gasteiger partial charge in [-0.25, -0.2) is 0 Å². The highest BCUT2D eigenvalue weighted by atomic mass is 127. The van der Waals surface area contributed by atoms with E-state index in [9.17, 15) is 4.79 Å². The summed E-state index contributed by atoms with van der Waals surface area (Å²) in [6.45, 7) is 1.34. The van der Waals surface area contributed by atoms with E-state index in [1.165, 1.54) is 0 Å². The van der Waals surface area contributed by atoms with Crippen molar-refractivity contribution in [1.29, 1.82) is 0 Å². The lowest BCUT2D eigenvalue weighted by atomic mass is 10.4. The van der Waals surface area contributed by atoms with Gasteiger partial charge in [0.2, 0.25) is 0 Å². The number of nitrogens with zero attached hydrogens (tertiary/aromatic N) is 3. The standard InChI is InChI=1S/C11H13IN4O/c1-15(5-6-16-4-2-3-14-16)11(17)10-7-9(12)8-13-10/h2-4,7-8,13H,5-6H2,1H3. The first-order chi connectivity index (χ1) is 8.16. The van der Waals surface area contributed by atoms with E-state index in [1.54, 1.807) is 18.1 Å². The van der Waals surface area contributed by atoms with Crippen LogP contribution in [0.25, 0.3) is 0 Å². The fourth-order valence-corrected chi connectivity index (χ4v) is 1.95. The molecule has 0 aliphatic heterocycles. The van der Waals surface area contributed by atoms with Crippen LogP contribution < -0.4 is 0 Å². The van der Waals surface area contributed by atoms with Crippen LogP contribution in [0.2, 0.25) is 0 Å². The summed E-state index contributed by atoms with van der Waals surface area (Å²) >= 11 is 2.17. The molecule has 1 N–H and O–H groups in total. The molecule has 0 saturated carbocycles. The summed E-state index contributed by atoms with van der Waals surface area (Å²) in [4.78, 5) is 16.6. The molecule has 2 aromatic rings. The van der Waals surface area contributed by atoms with Crippen molar-refractivity contribution in [2.24, 2.45) is 0 Å². The average molecular weight is 344 g/mol. The second-order valence-corrected chi connectivity index (χ2v) is 4.97. The Morgan fingerprint density at radius 2 is 2.47 bits per heavy atom. The van der Waals surface area contributed by atoms with Gasteiger partial charge in [-0.05, 0) is 34.7 Å². The third-order valence-electron chi connectivity index (χ3n) is 2.45. The van der Waals surface area contributed by atoms with Crippen LogP contribution in [0.1, 0.15) is 10.5 Å². The number of carbonyl (C=O) groups is 1. The molecule has 0 aromatic carbocycles. The van der Waals surface area contributed by atoms with Crippen LogP contribution in [0.4, 0.5) is 0 Å². The Morgan fingerprint density at radius 1 is 1.65 bits per heavy atom. The van der Waals surface area contributed by atoms with Gasteiger partial charge in [0.05, 0.1) is 6.54 Å². The van der Waals surface area contributed by atoms with Gasteiger partial charge in [-0.1, -0.05) is 0 Å². The van der Waals surface area contributed by atoms with Crippen LogP contribution >= 0.6 is 22.6 Å². The van der Waals surface area contributed by atoms with E-state index in [-0.39, 0.29) is 5.91 Å². The summed E-state index contributed by atoms with van der Waals surface area (Å²) in [7, 11) is 1.79. The van der Waals surface area contributed by atoms with Gasteiger partial charge < -0.3 is 9.88 Å². The summed E-state index contributed by atoms with van der Waals surface area (Å²) in [5, 5.41) is 4.09. The minimum Gasteiger partial charge on any atom is -0.356 e. The summed E-state index contributed by atoms with van der Waals surface area (Å²) in [5.74, 6) is 0.0000668. The molecule has 2 rings (SSSR count). The Hall–Kier alpha value is -1.31. The highest BCUT2D eigenvalue weighted by molar-refractivity contribution is 14.1. The summed E-state index contributed by atoms with van der Waals surface area (Å²) in [6.07, 6.45) is 5.43. The number of carbonyl (C=O) groups excluding carboxylic acids is 1. The number of rotatable bonds is 4. The molecule has 0 aliphatic carbocycles. The lowest BCUT2D eigenvalue weighted by molar-refractivity contribution is 0.0784. The van der Waals surface area contributed by atoms with E-state index >= 15 is 0 Å². The van der Waals surface area contributed by atoms with Crippen LogP contribution in [0.5, 0.6) is 0 Å². The molecule has 90 valence electrons. The van der Waals surface area contributed by atoms with Gasteiger partial charge in [0, 0.05) is 35.8 Å². The van der Waals surface area contributed by atoms with Crippen LogP contribution in [0.15, 0.2) is 30.7 Å². The zero-order chi connectivity index (χ0) is 12.3. The predicted octanol–water partition coefficient (Wildman–Crippen LogP) is 1.59. The maximum Gasteiger partial charge on any atom is 0.270 e. The van der Waals surface area contributed by atoms with Gasteiger partial charge >= 0.3 is 0 Å². The number of hydrogen-bond acceptors (Lipinski definition) is 2. The first kappa shape index (κ1) is 12.2. The van der Waals surface area contributed by atoms with Crippen LogP contribution in [0, 0.1) is 3.57 Å². The first-order valence-corrected chi connectivity index (χ1v) is 6.31. The Bertz CT molecular complexity index is 491. The van der Waals surface area contributed by atoms with E-state index in [1.807, 2.05) is 29.2 Å². The Labute approximate surface area is 113 Å². The van der Waals surface area contributed by atoms with Crippen molar-refractivity contribution >= 4 is 28.5 Å². The lowest BCUT2D eigenvalue weighted by Crippen LogP contribution is -2.30. The molecule has 6 heteroatoms. The maximum absolute atomic E-state index is 12.0. The topological polar surface area (TPSA) is 53.9 Å². The SMILES string of the molecule is CN(CCn1cccn1)C(=O)c1cc(I)c[nH]1. The number of amides is 1. The van der Waals surface area contributed by atoms with Crippen LogP contribution in [-0.2, 0) is 6.54 Å². The fraction of sp³-hybridized carbons (Fsp3) is 0.273. The lowest BCUT2D eigenvalue weighted by Gasteiger charge is -2.16. The number of aromatic nitrogens is 3. The van der Waals surface area contributed by atoms with Gasteiger partial charge in [-0.15, -0.1) is 0 Å². The molecule has 0 fully saturated rings. The number of halogens is 1. The molecule has 0 aliphatic rings. The molecule has 0 bridgehead atoms. The normalized spacial score (nSPS) is 10.5. The van der Waals surface area contributed by atoms with E-state index in [2.05, 4.69) is 32.7 Å². The molecule has 0 spiro atoms. The predicted molar refractivity (Wildman–Crippen MR) is 72.7 cm³/mol. The second kappa shape index (κ2) is 5.35. The molecule has 0 atom stereocenters. The summed E-state index contributed by atoms with van der Waals surface area (Å²) < 4.78 is 2.84. The van der Waals surface area contributed by atoms with Gasteiger partial charge in [0.15, 0.2) is 0 Å². The Morgan fingerprint density at radius 3 is 3.06 bits per heavy atom. The Balaban J connectivity index is 1.91. The highest BCUT2D eigenvalue weighted by Gasteiger charge is 2.12. The van der Waals surface area contributed by atoms with Crippen LogP contribution in [-0.4, -0.2) is 39.2 Å². The van der Waals surface area contributed by atoms with Crippen molar-refractivity contribution in [3.8, 4) is 0 Å². The second-order valence-electron chi connectivity index (χ2n) is 3.73. The van der Waals surface area contributed by atoms with Crippen molar-refractivity contribution < 1.29 is 4.79 Å². The van der Waals surface area contributed by atoms with E-state index in [0.29, 0.717) is 18.8 Å². The number of H-pyrrole nitrogens is 1. The fourth-order valence-electron chi connectivity index (χ4n) is 1.48. The van der Waals surface area contributed by atoms with E-state index in [0.717, 1.165) is 3.57 Å². The van der Waals surface area contributed by atoms with Gasteiger partial charge in [0.25, 0.3) is 5.91 Å². The van der Waals surface area contributed by atoms with Crippen molar-refractivity contribution in [2.45, 2.75) is 6.54 Å². The number of likely N-dealkylation sites (N-methyl/N-ethyl adjacent to an activating group) is 1.